The number of nitrogens with two attached hydrogens (primary N) is 1. The molecule has 1 aromatic carbocycles. The van der Waals surface area contributed by atoms with Gasteiger partial charge in [0.15, 0.2) is 0 Å². The number of carbonyl (C=O) groups excluding carboxylic acids is 1. The minimum atomic E-state index is -0.563. The average molecular weight is 224 g/mol. The number of ether oxygens (including phenoxy) is 2. The molecule has 16 heavy (non-hydrogen) atoms. The fourth-order valence-corrected chi connectivity index (χ4v) is 1.15. The van der Waals surface area contributed by atoms with E-state index in [4.69, 9.17) is 15.2 Å². The molecule has 0 saturated carbocycles. The Bertz CT molecular complexity index is 377. The van der Waals surface area contributed by atoms with Crippen LogP contribution in [-0.2, 0) is 4.79 Å². The third-order valence-corrected chi connectivity index (χ3v) is 2.08. The van der Waals surface area contributed by atoms with Gasteiger partial charge in [-0.25, -0.2) is 0 Å². The lowest BCUT2D eigenvalue weighted by atomic mass is 10.2. The maximum Gasteiger partial charge on any atom is 0.241 e. The summed E-state index contributed by atoms with van der Waals surface area (Å²) in [7, 11) is 3.09. The van der Waals surface area contributed by atoms with Crippen molar-refractivity contribution in [3.8, 4) is 11.5 Å². The Morgan fingerprint density at radius 2 is 2.06 bits per heavy atom. The Hall–Kier alpha value is -1.75. The first kappa shape index (κ1) is 12.3. The molecule has 0 aliphatic rings. The molecule has 5 heteroatoms. The second-order valence-corrected chi connectivity index (χ2v) is 3.34. The topological polar surface area (TPSA) is 73.6 Å². The zero-order chi connectivity index (χ0) is 12.1. The molecule has 88 valence electrons. The fourth-order valence-electron chi connectivity index (χ4n) is 1.15. The molecular weight excluding hydrogens is 208 g/mol. The van der Waals surface area contributed by atoms with Crippen molar-refractivity contribution in [2.24, 2.45) is 5.73 Å². The third kappa shape index (κ3) is 2.87. The highest BCUT2D eigenvalue weighted by molar-refractivity contribution is 5.95. The highest BCUT2D eigenvalue weighted by atomic mass is 16.5. The molecule has 3 N–H and O–H groups in total. The Labute approximate surface area is 94.5 Å². The molecule has 0 aliphatic heterocycles. The van der Waals surface area contributed by atoms with Crippen molar-refractivity contribution in [1.29, 1.82) is 0 Å². The van der Waals surface area contributed by atoms with Gasteiger partial charge in [-0.3, -0.25) is 4.79 Å². The summed E-state index contributed by atoms with van der Waals surface area (Å²) >= 11 is 0. The van der Waals surface area contributed by atoms with Crippen LogP contribution in [0.3, 0.4) is 0 Å². The lowest BCUT2D eigenvalue weighted by molar-refractivity contribution is -0.117. The number of carbonyl (C=O) groups is 1. The molecule has 0 aromatic heterocycles. The van der Waals surface area contributed by atoms with Gasteiger partial charge in [0, 0.05) is 6.07 Å². The number of hydrogen-bond donors (Lipinski definition) is 2. The first-order chi connectivity index (χ1) is 7.58. The van der Waals surface area contributed by atoms with Crippen LogP contribution in [0.25, 0.3) is 0 Å². The van der Waals surface area contributed by atoms with Crippen LogP contribution in [0.1, 0.15) is 6.92 Å². The Balaban J connectivity index is 2.91. The molecule has 1 unspecified atom stereocenters. The Morgan fingerprint density at radius 3 is 2.56 bits per heavy atom. The van der Waals surface area contributed by atoms with E-state index in [2.05, 4.69) is 5.32 Å². The number of hydrogen-bond acceptors (Lipinski definition) is 4. The molecule has 1 rings (SSSR count). The van der Waals surface area contributed by atoms with Crippen molar-refractivity contribution in [2.75, 3.05) is 19.5 Å². The summed E-state index contributed by atoms with van der Waals surface area (Å²) in [5.74, 6) is 0.937. The molecule has 0 heterocycles. The van der Waals surface area contributed by atoms with Gasteiger partial charge >= 0.3 is 0 Å². The SMILES string of the molecule is COc1ccc(NC(=O)C(C)N)c(OC)c1. The molecular formula is C11H16N2O3. The first-order valence-electron chi connectivity index (χ1n) is 4.87. The summed E-state index contributed by atoms with van der Waals surface area (Å²) in [6.45, 7) is 1.62. The number of benzene rings is 1. The van der Waals surface area contributed by atoms with E-state index in [9.17, 15) is 4.79 Å². The van der Waals surface area contributed by atoms with Crippen LogP contribution >= 0.6 is 0 Å². The summed E-state index contributed by atoms with van der Waals surface area (Å²) in [4.78, 5) is 11.4. The maximum atomic E-state index is 11.4. The van der Waals surface area contributed by atoms with Crippen LogP contribution in [0.15, 0.2) is 18.2 Å². The zero-order valence-corrected chi connectivity index (χ0v) is 9.61. The summed E-state index contributed by atoms with van der Waals surface area (Å²) in [6, 6.07) is 4.57. The third-order valence-electron chi connectivity index (χ3n) is 2.08. The molecule has 0 spiro atoms. The number of rotatable bonds is 4. The predicted octanol–water partition coefficient (Wildman–Crippen LogP) is 0.989. The molecule has 1 atom stereocenters. The van der Waals surface area contributed by atoms with Gasteiger partial charge in [0.1, 0.15) is 11.5 Å². The average Bonchev–Trinajstić information content (AvgIpc) is 2.29. The van der Waals surface area contributed by atoms with E-state index in [1.807, 2.05) is 0 Å². The molecule has 1 amide bonds. The molecule has 0 saturated heterocycles. The van der Waals surface area contributed by atoms with Crippen molar-refractivity contribution in [2.45, 2.75) is 13.0 Å². The van der Waals surface area contributed by atoms with Crippen LogP contribution in [-0.4, -0.2) is 26.2 Å². The van der Waals surface area contributed by atoms with Crippen LogP contribution in [0, 0.1) is 0 Å². The first-order valence-corrected chi connectivity index (χ1v) is 4.87. The smallest absolute Gasteiger partial charge is 0.241 e. The number of methoxy groups -OCH3 is 2. The van der Waals surface area contributed by atoms with E-state index in [1.54, 1.807) is 32.2 Å². The Kier molecular flexibility index (Phi) is 4.13. The fraction of sp³-hybridized carbons (Fsp3) is 0.364. The van der Waals surface area contributed by atoms with Gasteiger partial charge in [-0.1, -0.05) is 0 Å². The van der Waals surface area contributed by atoms with Crippen molar-refractivity contribution in [1.82, 2.24) is 0 Å². The summed E-state index contributed by atoms with van der Waals surface area (Å²) < 4.78 is 10.2. The highest BCUT2D eigenvalue weighted by Crippen LogP contribution is 2.28. The van der Waals surface area contributed by atoms with Crippen molar-refractivity contribution >= 4 is 11.6 Å². The highest BCUT2D eigenvalue weighted by Gasteiger charge is 2.11. The largest absolute Gasteiger partial charge is 0.497 e. The van der Waals surface area contributed by atoms with Gasteiger partial charge in [0.2, 0.25) is 5.91 Å². The van der Waals surface area contributed by atoms with Gasteiger partial charge in [-0.15, -0.1) is 0 Å². The monoisotopic (exact) mass is 224 g/mol. The molecule has 0 aliphatic carbocycles. The summed E-state index contributed by atoms with van der Waals surface area (Å²) in [6.07, 6.45) is 0. The van der Waals surface area contributed by atoms with Crippen LogP contribution in [0.5, 0.6) is 11.5 Å². The van der Waals surface area contributed by atoms with Gasteiger partial charge in [-0.05, 0) is 19.1 Å². The van der Waals surface area contributed by atoms with E-state index in [1.165, 1.54) is 7.11 Å². The second kappa shape index (κ2) is 5.37. The normalized spacial score (nSPS) is 11.8. The molecule has 0 bridgehead atoms. The standard InChI is InChI=1S/C11H16N2O3/c1-7(12)11(14)13-9-5-4-8(15-2)6-10(9)16-3/h4-7H,12H2,1-3H3,(H,13,14). The minimum Gasteiger partial charge on any atom is -0.497 e. The summed E-state index contributed by atoms with van der Waals surface area (Å²) in [5, 5.41) is 2.67. The number of anilines is 1. The lowest BCUT2D eigenvalue weighted by Gasteiger charge is -2.12. The molecule has 0 fully saturated rings. The van der Waals surface area contributed by atoms with Crippen LogP contribution in [0.2, 0.25) is 0 Å². The van der Waals surface area contributed by atoms with Crippen molar-refractivity contribution in [3.63, 3.8) is 0 Å². The summed E-state index contributed by atoms with van der Waals surface area (Å²) in [5.41, 5.74) is 6.03. The second-order valence-electron chi connectivity index (χ2n) is 3.34. The van der Waals surface area contributed by atoms with E-state index in [-0.39, 0.29) is 5.91 Å². The van der Waals surface area contributed by atoms with Gasteiger partial charge < -0.3 is 20.5 Å². The number of amides is 1. The zero-order valence-electron chi connectivity index (χ0n) is 9.61. The maximum absolute atomic E-state index is 11.4. The van der Waals surface area contributed by atoms with Crippen LogP contribution in [0.4, 0.5) is 5.69 Å². The van der Waals surface area contributed by atoms with Crippen molar-refractivity contribution < 1.29 is 14.3 Å². The minimum absolute atomic E-state index is 0.261. The molecule has 0 radical (unpaired) electrons. The van der Waals surface area contributed by atoms with Crippen LogP contribution < -0.4 is 20.5 Å². The number of nitrogens with one attached hydrogen (secondary N) is 1. The Morgan fingerprint density at radius 1 is 1.38 bits per heavy atom. The van der Waals surface area contributed by atoms with Gasteiger partial charge in [-0.2, -0.15) is 0 Å². The van der Waals surface area contributed by atoms with Gasteiger partial charge in [0.25, 0.3) is 0 Å². The van der Waals surface area contributed by atoms with Gasteiger partial charge in [0.05, 0.1) is 25.9 Å². The van der Waals surface area contributed by atoms with E-state index in [0.29, 0.717) is 17.2 Å². The molecule has 5 nitrogen and oxygen atoms in total. The lowest BCUT2D eigenvalue weighted by Crippen LogP contribution is -2.32. The predicted molar refractivity (Wildman–Crippen MR) is 61.8 cm³/mol. The quantitative estimate of drug-likeness (QED) is 0.799. The van der Waals surface area contributed by atoms with Crippen molar-refractivity contribution in [3.05, 3.63) is 18.2 Å². The molecule has 1 aromatic rings. The van der Waals surface area contributed by atoms with E-state index < -0.39 is 6.04 Å². The van der Waals surface area contributed by atoms with E-state index >= 15 is 0 Å². The van der Waals surface area contributed by atoms with E-state index in [0.717, 1.165) is 0 Å².